The monoisotopic (exact) mass is 429 g/mol. The van der Waals surface area contributed by atoms with Gasteiger partial charge in [-0.15, -0.1) is 0 Å². The Morgan fingerprint density at radius 1 is 0.967 bits per heavy atom. The molecule has 0 fully saturated rings. The van der Waals surface area contributed by atoms with Crippen LogP contribution >= 0.6 is 0 Å². The third kappa shape index (κ3) is 5.87. The molecule has 7 heteroatoms. The van der Waals surface area contributed by atoms with Gasteiger partial charge < -0.3 is 4.74 Å². The number of hydrogen-bond donors (Lipinski definition) is 0. The molecule has 0 spiro atoms. The molecule has 6 nitrogen and oxygen atoms in total. The molecule has 0 radical (unpaired) electrons. The maximum Gasteiger partial charge on any atom is 0.337 e. The van der Waals surface area contributed by atoms with Crippen LogP contribution < -0.4 is 0 Å². The number of carbonyl (C=O) groups excluding carboxylic acids is 2. The second-order valence-electron chi connectivity index (χ2n) is 6.74. The Morgan fingerprint density at radius 2 is 1.60 bits per heavy atom. The van der Waals surface area contributed by atoms with Crippen LogP contribution in [0.4, 0.5) is 0 Å². The summed E-state index contributed by atoms with van der Waals surface area (Å²) in [7, 11) is -2.27. The summed E-state index contributed by atoms with van der Waals surface area (Å²) in [5.74, 6) is -0.713. The molecule has 30 heavy (non-hydrogen) atoms. The van der Waals surface area contributed by atoms with Crippen molar-refractivity contribution in [1.82, 2.24) is 4.31 Å². The van der Waals surface area contributed by atoms with Crippen LogP contribution in [0.1, 0.15) is 53.0 Å². The first kappa shape index (κ1) is 23.5. The molecule has 0 bridgehead atoms. The first-order valence-corrected chi connectivity index (χ1v) is 11.3. The molecular formula is C23H27NO5S. The van der Waals surface area contributed by atoms with Gasteiger partial charge in [0.15, 0.2) is 5.78 Å². The second-order valence-corrected chi connectivity index (χ2v) is 8.68. The molecule has 0 unspecified atom stereocenters. The van der Waals surface area contributed by atoms with E-state index in [1.54, 1.807) is 30.3 Å². The van der Waals surface area contributed by atoms with Crippen LogP contribution in [-0.2, 0) is 14.8 Å². The van der Waals surface area contributed by atoms with E-state index in [0.29, 0.717) is 29.8 Å². The number of ketones is 1. The smallest absolute Gasteiger partial charge is 0.337 e. The van der Waals surface area contributed by atoms with E-state index in [-0.39, 0.29) is 10.7 Å². The van der Waals surface area contributed by atoms with E-state index in [2.05, 4.69) is 4.74 Å². The highest BCUT2D eigenvalue weighted by molar-refractivity contribution is 7.89. The minimum atomic E-state index is -3.58. The van der Waals surface area contributed by atoms with E-state index in [1.807, 2.05) is 13.8 Å². The van der Waals surface area contributed by atoms with Gasteiger partial charge in [0.2, 0.25) is 10.0 Å². The highest BCUT2D eigenvalue weighted by Gasteiger charge is 2.23. The van der Waals surface area contributed by atoms with E-state index in [9.17, 15) is 18.0 Å². The molecule has 160 valence electrons. The number of methoxy groups -OCH3 is 1. The Hall–Kier alpha value is -2.77. The van der Waals surface area contributed by atoms with Crippen molar-refractivity contribution >= 4 is 27.9 Å². The molecule has 0 saturated carbocycles. The number of nitrogens with zero attached hydrogens (tertiary/aromatic N) is 1. The lowest BCUT2D eigenvalue weighted by molar-refractivity contribution is 0.0600. The fourth-order valence-corrected chi connectivity index (χ4v) is 4.57. The van der Waals surface area contributed by atoms with Crippen molar-refractivity contribution in [3.8, 4) is 0 Å². The zero-order valence-electron chi connectivity index (χ0n) is 17.5. The lowest BCUT2D eigenvalue weighted by Gasteiger charge is -2.21. The van der Waals surface area contributed by atoms with Gasteiger partial charge in [0.25, 0.3) is 0 Å². The van der Waals surface area contributed by atoms with Crippen LogP contribution in [0.2, 0.25) is 0 Å². The van der Waals surface area contributed by atoms with E-state index in [1.165, 1.54) is 41.8 Å². The summed E-state index contributed by atoms with van der Waals surface area (Å²) in [5.41, 5.74) is 1.46. The SMILES string of the molecule is CCCN(CCC)S(=O)(=O)c1ccc(C(=O)/C=C/c2cccc(C(=O)OC)c2)cc1. The van der Waals surface area contributed by atoms with Crippen molar-refractivity contribution in [3.63, 3.8) is 0 Å². The molecule has 2 rings (SSSR count). The predicted molar refractivity (Wildman–Crippen MR) is 117 cm³/mol. The average molecular weight is 430 g/mol. The molecule has 0 aliphatic rings. The van der Waals surface area contributed by atoms with Gasteiger partial charge in [-0.1, -0.05) is 32.1 Å². The fraction of sp³-hybridized carbons (Fsp3) is 0.304. The van der Waals surface area contributed by atoms with Crippen LogP contribution in [0.15, 0.2) is 59.5 Å². The standard InChI is InChI=1S/C23H27NO5S/c1-4-15-24(16-5-2)30(27,28)21-12-10-19(11-13-21)22(25)14-9-18-7-6-8-20(17-18)23(26)29-3/h6-14,17H,4-5,15-16H2,1-3H3/b14-9+. The van der Waals surface area contributed by atoms with Gasteiger partial charge in [-0.3, -0.25) is 4.79 Å². The largest absolute Gasteiger partial charge is 0.465 e. The summed E-state index contributed by atoms with van der Waals surface area (Å²) in [6.45, 7) is 4.80. The predicted octanol–water partition coefficient (Wildman–Crippen LogP) is 4.18. The number of hydrogen-bond acceptors (Lipinski definition) is 5. The van der Waals surface area contributed by atoms with Crippen molar-refractivity contribution in [2.24, 2.45) is 0 Å². The topological polar surface area (TPSA) is 80.8 Å². The summed E-state index contributed by atoms with van der Waals surface area (Å²) in [6.07, 6.45) is 4.46. The first-order chi connectivity index (χ1) is 14.3. The van der Waals surface area contributed by atoms with Gasteiger partial charge in [-0.25, -0.2) is 13.2 Å². The van der Waals surface area contributed by atoms with Gasteiger partial charge in [0.05, 0.1) is 17.6 Å². The first-order valence-electron chi connectivity index (χ1n) is 9.84. The minimum Gasteiger partial charge on any atom is -0.465 e. The lowest BCUT2D eigenvalue weighted by Crippen LogP contribution is -2.32. The highest BCUT2D eigenvalue weighted by atomic mass is 32.2. The zero-order chi connectivity index (χ0) is 22.1. The molecular weight excluding hydrogens is 402 g/mol. The Bertz CT molecular complexity index is 1000. The van der Waals surface area contributed by atoms with Crippen molar-refractivity contribution in [2.45, 2.75) is 31.6 Å². The summed E-state index contributed by atoms with van der Waals surface area (Å²) in [4.78, 5) is 24.2. The molecule has 2 aromatic rings. The molecule has 0 aromatic heterocycles. The van der Waals surface area contributed by atoms with E-state index in [4.69, 9.17) is 0 Å². The summed E-state index contributed by atoms with van der Waals surface area (Å²) < 4.78 is 31.8. The van der Waals surface area contributed by atoms with Gasteiger partial charge in [-0.2, -0.15) is 4.31 Å². The number of carbonyl (C=O) groups is 2. The molecule has 0 saturated heterocycles. The number of allylic oxidation sites excluding steroid dienone is 1. The Labute approximate surface area is 178 Å². The molecule has 2 aromatic carbocycles. The van der Waals surface area contributed by atoms with Crippen LogP contribution in [0.25, 0.3) is 6.08 Å². The summed E-state index contributed by atoms with van der Waals surface area (Å²) >= 11 is 0. The fourth-order valence-electron chi connectivity index (χ4n) is 2.95. The van der Waals surface area contributed by atoms with Crippen molar-refractivity contribution < 1.29 is 22.7 Å². The van der Waals surface area contributed by atoms with Gasteiger partial charge >= 0.3 is 5.97 Å². The maximum atomic E-state index is 12.8. The van der Waals surface area contributed by atoms with Gasteiger partial charge in [0.1, 0.15) is 0 Å². The Balaban J connectivity index is 2.17. The van der Waals surface area contributed by atoms with Crippen LogP contribution in [-0.4, -0.2) is 44.7 Å². The van der Waals surface area contributed by atoms with E-state index < -0.39 is 16.0 Å². The van der Waals surface area contributed by atoms with Gasteiger partial charge in [0, 0.05) is 18.7 Å². The van der Waals surface area contributed by atoms with Crippen LogP contribution in [0.3, 0.4) is 0 Å². The van der Waals surface area contributed by atoms with Crippen molar-refractivity contribution in [1.29, 1.82) is 0 Å². The van der Waals surface area contributed by atoms with E-state index in [0.717, 1.165) is 12.8 Å². The van der Waals surface area contributed by atoms with Gasteiger partial charge in [-0.05, 0) is 60.9 Å². The molecule has 0 amide bonds. The third-order valence-corrected chi connectivity index (χ3v) is 6.37. The van der Waals surface area contributed by atoms with E-state index >= 15 is 0 Å². The molecule has 0 aliphatic carbocycles. The summed E-state index contributed by atoms with van der Waals surface area (Å²) in [5, 5.41) is 0. The third-order valence-electron chi connectivity index (χ3n) is 4.46. The number of ether oxygens (including phenoxy) is 1. The normalized spacial score (nSPS) is 11.7. The zero-order valence-corrected chi connectivity index (χ0v) is 18.3. The van der Waals surface area contributed by atoms with Crippen molar-refractivity contribution in [3.05, 3.63) is 71.3 Å². The number of sulfonamides is 1. The average Bonchev–Trinajstić information content (AvgIpc) is 2.77. The Kier molecular flexibility index (Phi) is 8.50. The maximum absolute atomic E-state index is 12.8. The summed E-state index contributed by atoms with van der Waals surface area (Å²) in [6, 6.07) is 12.7. The molecule has 0 atom stereocenters. The molecule has 0 aliphatic heterocycles. The quantitative estimate of drug-likeness (QED) is 0.322. The number of rotatable bonds is 10. The number of benzene rings is 2. The van der Waals surface area contributed by atoms with Crippen LogP contribution in [0, 0.1) is 0 Å². The molecule has 0 heterocycles. The second kappa shape index (κ2) is 10.8. The Morgan fingerprint density at radius 3 is 2.17 bits per heavy atom. The van der Waals surface area contributed by atoms with Crippen molar-refractivity contribution in [2.75, 3.05) is 20.2 Å². The lowest BCUT2D eigenvalue weighted by atomic mass is 10.1. The minimum absolute atomic E-state index is 0.177. The van der Waals surface area contributed by atoms with Crippen LogP contribution in [0.5, 0.6) is 0 Å². The highest BCUT2D eigenvalue weighted by Crippen LogP contribution is 2.18. The molecule has 0 N–H and O–H groups in total. The number of esters is 1.